The Bertz CT molecular complexity index is 4940. The first-order valence-corrected chi connectivity index (χ1v) is 62.2. The lowest BCUT2D eigenvalue weighted by Gasteiger charge is -2.31. The van der Waals surface area contributed by atoms with E-state index in [1.165, 1.54) is 17.4 Å². The van der Waals surface area contributed by atoms with Gasteiger partial charge in [-0.25, -0.2) is 35.0 Å². The van der Waals surface area contributed by atoms with Crippen molar-refractivity contribution < 1.29 is 89.7 Å². The number of aliphatic hydroxyl groups is 12. The highest BCUT2D eigenvalue weighted by Crippen LogP contribution is 2.46. The van der Waals surface area contributed by atoms with Crippen LogP contribution in [0.5, 0.6) is 0 Å². The zero-order valence-electron chi connectivity index (χ0n) is 78.1. The molecule has 0 amide bonds. The zero-order chi connectivity index (χ0) is 98.3. The summed E-state index contributed by atoms with van der Waals surface area (Å²) in [6, 6.07) is 1.98. The number of fused-ring (bicyclic) bond motifs is 1. The summed E-state index contributed by atoms with van der Waals surface area (Å²) in [6.07, 6.45) is 27.4. The first kappa shape index (κ1) is 113. The number of aliphatic imine (C=N–C) groups is 5. The largest absolute Gasteiger partial charge is 0.388 e. The first-order valence-electron chi connectivity index (χ1n) is 42.8. The Kier molecular flexibility index (Phi) is 39.9. The number of ether oxygens (including phenoxy) is 6. The van der Waals surface area contributed by atoms with Crippen LogP contribution in [0.4, 0.5) is 0 Å². The second kappa shape index (κ2) is 46.6. The molecule has 44 heteroatoms. The van der Waals surface area contributed by atoms with Crippen LogP contribution in [-0.4, -0.2) is 428 Å². The van der Waals surface area contributed by atoms with Crippen molar-refractivity contribution in [2.75, 3.05) is 117 Å². The number of rotatable bonds is 24. The minimum absolute atomic E-state index is 0. The maximum atomic E-state index is 10.4. The monoisotopic (exact) mass is 2070 g/mol. The average Bonchev–Trinajstić information content (AvgIpc) is 1.70. The predicted octanol–water partition coefficient (Wildman–Crippen LogP) is 1.93. The Morgan fingerprint density at radius 2 is 0.742 bits per heavy atom. The van der Waals surface area contributed by atoms with Crippen molar-refractivity contribution in [3.63, 3.8) is 0 Å². The number of amidine groups is 4. The molecule has 6 saturated heterocycles. The van der Waals surface area contributed by atoms with Gasteiger partial charge in [0.1, 0.15) is 137 Å². The highest BCUT2D eigenvalue weighted by Gasteiger charge is 2.52. The number of H-pyrrole nitrogens is 1. The van der Waals surface area contributed by atoms with Crippen LogP contribution in [0.25, 0.3) is 6.20 Å². The summed E-state index contributed by atoms with van der Waals surface area (Å²) in [6.45, 7) is 45.2. The lowest BCUT2D eigenvalue weighted by Crippen LogP contribution is -2.44. The van der Waals surface area contributed by atoms with Gasteiger partial charge in [-0.3, -0.25) is 0 Å². The number of hydrogen-bond donors (Lipinski definition) is 19. The summed E-state index contributed by atoms with van der Waals surface area (Å²) in [4.78, 5) is 34.4. The molecular formula is C88H150IN19O18P6. The van der Waals surface area contributed by atoms with Crippen molar-refractivity contribution in [1.82, 2.24) is 34.9 Å². The van der Waals surface area contributed by atoms with Crippen LogP contribution in [0.2, 0.25) is 0 Å². The first-order chi connectivity index (χ1) is 60.4. The van der Waals surface area contributed by atoms with Gasteiger partial charge >= 0.3 is 0 Å². The maximum Gasteiger partial charge on any atom is 0.197 e. The number of hydrazone groups is 1. The fraction of sp³-hybridized carbons (Fsp3) is 0.580. The quantitative estimate of drug-likeness (QED) is 0.0519. The van der Waals surface area contributed by atoms with Crippen molar-refractivity contribution in [2.45, 2.75) is 207 Å². The molecule has 12 aliphatic rings. The van der Waals surface area contributed by atoms with Crippen LogP contribution in [0.1, 0.15) is 58.6 Å². The molecule has 24 unspecified atom stereocenters. The topological polar surface area (TPSA) is 559 Å². The number of guanidine groups is 1. The fourth-order valence-electron chi connectivity index (χ4n) is 15.1. The SMILES string of the molecule is C.C=C1N=C(N)C(C)=CN1C1OC(CCP(=C)(C)C)C(O)C1O.C=C1N=C(N)C(I)=CN1C1OC(CCP(=C)(C)C)C(O)C1O.C=C1N=C(N)C=CN1C1OC(CCP(=C)(C)C)C(O)C1O.C=C1N=C(N)C=NN1C1OC(CCP(=C)(C)C)C(O)C1O.C=C1N=c2[nH]c(C)cc2=CN1C1OC(CCP(=C)(C)C)C(O)C1O.C=C1NC(N)=NC=C1C1OC(CCP(=C)(C)C)C(O)C1O. The van der Waals surface area contributed by atoms with Crippen LogP contribution in [-0.2, 0) is 28.4 Å². The molecule has 0 aliphatic carbocycles. The molecule has 13 heterocycles. The summed E-state index contributed by atoms with van der Waals surface area (Å²) in [5.74, 6) is 3.54. The van der Waals surface area contributed by atoms with Crippen molar-refractivity contribution in [3.8, 4) is 0 Å². The van der Waals surface area contributed by atoms with Crippen molar-refractivity contribution in [3.05, 3.63) is 142 Å². The number of nitrogens with two attached hydrogens (primary N) is 5. The molecule has 1 aromatic rings. The van der Waals surface area contributed by atoms with Gasteiger partial charge in [-0.05, 0) is 204 Å². The number of hydrogen-bond acceptors (Lipinski definition) is 36. The van der Waals surface area contributed by atoms with Crippen LogP contribution in [0.15, 0.2) is 161 Å². The van der Waals surface area contributed by atoms with E-state index in [1.807, 2.05) is 26.1 Å². The van der Waals surface area contributed by atoms with E-state index in [2.05, 4.69) is 225 Å². The molecule has 0 spiro atoms. The van der Waals surface area contributed by atoms with Gasteiger partial charge in [-0.2, -0.15) is 5.10 Å². The Balaban J connectivity index is 0.000000216. The lowest BCUT2D eigenvalue weighted by molar-refractivity contribution is -0.0749. The molecule has 742 valence electrons. The standard InChI is InChI=1S/C17H26N3O3P.C15H26N3O3P.C14H23IN3O3P.2C14H24N3O3P.C13H23N4O3P.CH4/c1-10-8-12-9-20(11(2)19-16(12)18-10)17-15(22)14(21)13(23-17)6-7-24(3,4)5;1-9-8-18(10(2)17-14(9)16)15-13(20)12(19)11(21-15)6-7-22(3,4)5;1-8-17-13(16)9(15)7-18(8)14-12(20)11(19)10(21-14)5-6-22(2,3)4;1-9-16-11(15)5-7-17(9)14-13(19)12(18)10(20-14)6-8-21(2,3)4;1-8-9(7-16-14(15)17-8)13-12(19)11(18)10(20-13)5-6-21(2,3)4;1-8-16-10(14)7-15-17(8)13-12(19)11(18)9(20-13)5-6-21(2,3)4;/h8-9,13-15,17,21-22H,2-3,6-7H2,1,4-5H3,(H,18,19);8,11-13,15,19-20H,2-3,6-7H2,1,4-5H3,(H2,16,17);7,10-12,14,19-20H,1-2,5-6H2,3-4H3,(H2,16,17);5,7,10,12-14,18-19H,1-2,6,8H2,3-4H3,(H2,15,16);7,10-13,18-19H,1-2,5-6H2,3-4H3,(H3,15,16,17);7,9,11-13,18-19H,1-2,5-6H2,3-4H3,(H2,14,16);1H4. The third kappa shape index (κ3) is 31.2. The van der Waals surface area contributed by atoms with E-state index in [0.29, 0.717) is 90.6 Å². The Hall–Kier alpha value is -6.02. The molecule has 24 N–H and O–H groups in total. The number of nitrogens with one attached hydrogen (secondary N) is 2. The molecule has 13 rings (SSSR count). The smallest absolute Gasteiger partial charge is 0.197 e. The number of aliphatic hydroxyl groups excluding tert-OH is 12. The molecule has 0 bridgehead atoms. The van der Waals surface area contributed by atoms with Crippen molar-refractivity contribution in [2.24, 2.45) is 63.7 Å². The second-order valence-electron chi connectivity index (χ2n) is 38.7. The molecule has 24 atom stereocenters. The highest BCUT2D eigenvalue weighted by molar-refractivity contribution is 14.1. The number of nitrogens with zero attached hydrogens (tertiary/aromatic N) is 12. The highest BCUT2D eigenvalue weighted by atomic mass is 127. The number of halogens is 1. The Morgan fingerprint density at radius 1 is 0.409 bits per heavy atom. The summed E-state index contributed by atoms with van der Waals surface area (Å²) in [5, 5.41) is 132. The van der Waals surface area contributed by atoms with E-state index in [0.717, 1.165) is 62.5 Å². The van der Waals surface area contributed by atoms with Gasteiger partial charge in [-0.1, -0.05) is 46.9 Å². The van der Waals surface area contributed by atoms with E-state index in [1.54, 1.807) is 44.3 Å². The van der Waals surface area contributed by atoms with E-state index in [4.69, 9.17) is 57.1 Å². The molecule has 1 aromatic heterocycles. The van der Waals surface area contributed by atoms with E-state index in [-0.39, 0.29) is 25.0 Å². The molecule has 0 saturated carbocycles. The summed E-state index contributed by atoms with van der Waals surface area (Å²) < 4.78 is 35.9. The Labute approximate surface area is 792 Å². The van der Waals surface area contributed by atoms with Crippen LogP contribution in [0, 0.1) is 6.92 Å². The van der Waals surface area contributed by atoms with Crippen LogP contribution in [0.3, 0.4) is 0 Å². The fourth-order valence-corrected chi connectivity index (χ4v) is 21.3. The zero-order valence-corrected chi connectivity index (χ0v) is 85.6. The van der Waals surface area contributed by atoms with Gasteiger partial charge in [-0.15, -0.1) is 79.1 Å². The normalized spacial score (nSPS) is 32.4. The molecule has 132 heavy (non-hydrogen) atoms. The van der Waals surface area contributed by atoms with Gasteiger partial charge in [0, 0.05) is 58.8 Å². The number of aryl methyl sites for hydroxylation is 1. The predicted molar refractivity (Wildman–Crippen MR) is 561 cm³/mol. The third-order valence-electron chi connectivity index (χ3n) is 22.7. The maximum absolute atomic E-state index is 10.4. The minimum atomic E-state index is -1.21. The van der Waals surface area contributed by atoms with Crippen molar-refractivity contribution >= 4 is 143 Å². The summed E-state index contributed by atoms with van der Waals surface area (Å²) in [5.41, 5.74) is 31.8. The summed E-state index contributed by atoms with van der Waals surface area (Å²) >= 11 is 2.06. The molecule has 6 fully saturated rings. The lowest BCUT2D eigenvalue weighted by atomic mass is 9.99. The second-order valence-corrected chi connectivity index (χ2v) is 65.7. The van der Waals surface area contributed by atoms with Gasteiger partial charge < -0.3 is 148 Å². The van der Waals surface area contributed by atoms with Crippen LogP contribution >= 0.6 is 63.9 Å². The average molecular weight is 2080 g/mol. The molecular weight excluding hydrogens is 1920 g/mol. The third-order valence-corrected chi connectivity index (χ3v) is 32.3. The van der Waals surface area contributed by atoms with Crippen LogP contribution < -0.4 is 44.7 Å². The Morgan fingerprint density at radius 3 is 1.13 bits per heavy atom. The van der Waals surface area contributed by atoms with Gasteiger partial charge in [0.25, 0.3) is 0 Å². The van der Waals surface area contributed by atoms with Crippen molar-refractivity contribution in [1.29, 1.82) is 0 Å². The van der Waals surface area contributed by atoms with E-state index in [9.17, 15) is 61.3 Å². The molecule has 12 aliphatic heterocycles. The van der Waals surface area contributed by atoms with Gasteiger partial charge in [0.2, 0.25) is 0 Å². The van der Waals surface area contributed by atoms with Gasteiger partial charge in [0.15, 0.2) is 37.1 Å². The van der Waals surface area contributed by atoms with Gasteiger partial charge in [0.05, 0.1) is 46.4 Å². The minimum Gasteiger partial charge on any atom is -0.388 e. The number of aromatic nitrogens is 1. The molecule has 0 aromatic carbocycles. The number of aromatic amines is 1. The summed E-state index contributed by atoms with van der Waals surface area (Å²) in [7, 11) is 0. The van der Waals surface area contributed by atoms with E-state index >= 15 is 0 Å². The molecule has 37 nitrogen and oxygen atoms in total. The van der Waals surface area contributed by atoms with E-state index < -0.39 is 188 Å². The molecule has 0 radical (unpaired) electrons.